The van der Waals surface area contributed by atoms with E-state index in [-0.39, 0.29) is 31.1 Å². The summed E-state index contributed by atoms with van der Waals surface area (Å²) < 4.78 is 49.0. The lowest BCUT2D eigenvalue weighted by molar-refractivity contribution is -0.132. The van der Waals surface area contributed by atoms with Gasteiger partial charge in [-0.05, 0) is 75.6 Å². The molecule has 0 spiro atoms. The van der Waals surface area contributed by atoms with Crippen LogP contribution in [0.25, 0.3) is 10.8 Å². The van der Waals surface area contributed by atoms with Crippen molar-refractivity contribution in [3.05, 3.63) is 30.5 Å². The van der Waals surface area contributed by atoms with Crippen LogP contribution in [0, 0.1) is 11.3 Å². The molecule has 234 valence electrons. The summed E-state index contributed by atoms with van der Waals surface area (Å²) in [6.45, 7) is 7.16. The number of amides is 2. The smallest absolute Gasteiger partial charge is 0.411 e. The first kappa shape index (κ1) is 31.0. The van der Waals surface area contributed by atoms with E-state index in [1.165, 1.54) is 4.90 Å². The van der Waals surface area contributed by atoms with E-state index in [1.54, 1.807) is 40.1 Å². The number of fused-ring (bicyclic) bond motifs is 1. The van der Waals surface area contributed by atoms with Gasteiger partial charge in [-0.2, -0.15) is 8.42 Å². The highest BCUT2D eigenvalue weighted by atomic mass is 32.2. The summed E-state index contributed by atoms with van der Waals surface area (Å²) in [5, 5.41) is 1.60. The van der Waals surface area contributed by atoms with Crippen molar-refractivity contribution in [2.24, 2.45) is 11.3 Å². The maximum atomic E-state index is 13.9. The van der Waals surface area contributed by atoms with Crippen LogP contribution in [-0.4, -0.2) is 73.6 Å². The van der Waals surface area contributed by atoms with Gasteiger partial charge in [-0.25, -0.2) is 14.5 Å². The number of aromatic nitrogens is 1. The molecule has 1 aliphatic heterocycles. The van der Waals surface area contributed by atoms with Crippen LogP contribution < -0.4 is 14.2 Å². The molecule has 13 heteroatoms. The van der Waals surface area contributed by atoms with E-state index >= 15 is 0 Å². The summed E-state index contributed by atoms with van der Waals surface area (Å²) in [6.07, 6.45) is 2.06. The Morgan fingerprint density at radius 1 is 1.14 bits per heavy atom. The van der Waals surface area contributed by atoms with Crippen molar-refractivity contribution in [2.45, 2.75) is 90.1 Å². The molecule has 43 heavy (non-hydrogen) atoms. The number of pyridine rings is 1. The van der Waals surface area contributed by atoms with E-state index < -0.39 is 51.6 Å². The zero-order chi connectivity index (χ0) is 31.2. The minimum absolute atomic E-state index is 0.0690. The number of hydrogen-bond donors (Lipinski definition) is 1. The van der Waals surface area contributed by atoms with Crippen molar-refractivity contribution in [1.82, 2.24) is 14.6 Å². The lowest BCUT2D eigenvalue weighted by Gasteiger charge is -2.28. The number of rotatable bonds is 11. The fraction of sp³-hybridized carbons (Fsp3) is 0.600. The number of benzene rings is 1. The Bertz CT molecular complexity index is 1520. The van der Waals surface area contributed by atoms with Crippen molar-refractivity contribution in [3.8, 4) is 11.6 Å². The van der Waals surface area contributed by atoms with Gasteiger partial charge in [0.1, 0.15) is 17.5 Å². The van der Waals surface area contributed by atoms with Gasteiger partial charge in [0.15, 0.2) is 5.78 Å². The minimum atomic E-state index is -4.29. The summed E-state index contributed by atoms with van der Waals surface area (Å²) in [5.41, 5.74) is -2.00. The average molecular weight is 618 g/mol. The molecule has 1 aromatic heterocycles. The zero-order valence-electron chi connectivity index (χ0n) is 25.1. The first-order valence-corrected chi connectivity index (χ1v) is 16.0. The van der Waals surface area contributed by atoms with Crippen molar-refractivity contribution in [1.29, 1.82) is 0 Å². The van der Waals surface area contributed by atoms with Gasteiger partial charge in [0.2, 0.25) is 11.8 Å². The summed E-state index contributed by atoms with van der Waals surface area (Å²) in [5.74, 6) is -0.250. The van der Waals surface area contributed by atoms with E-state index in [1.807, 2.05) is 29.8 Å². The van der Waals surface area contributed by atoms with Crippen LogP contribution in [0.15, 0.2) is 30.5 Å². The number of Topliss-reactive ketones (excluding diaryl/α,β-unsaturated/α-hetero) is 1. The third kappa shape index (κ3) is 7.04. The van der Waals surface area contributed by atoms with Crippen LogP contribution in [0.3, 0.4) is 0 Å². The second kappa shape index (κ2) is 11.6. The molecule has 1 aromatic carbocycles. The predicted molar refractivity (Wildman–Crippen MR) is 156 cm³/mol. The van der Waals surface area contributed by atoms with Crippen molar-refractivity contribution in [2.75, 3.05) is 13.7 Å². The van der Waals surface area contributed by atoms with Crippen LogP contribution in [-0.2, 0) is 28.8 Å². The number of carbonyl (C=O) groups excluding carboxylic acids is 3. The Balaban J connectivity index is 1.36. The largest absolute Gasteiger partial charge is 0.497 e. The molecule has 0 radical (unpaired) electrons. The molecule has 2 heterocycles. The minimum Gasteiger partial charge on any atom is -0.497 e. The first-order valence-electron chi connectivity index (χ1n) is 14.6. The van der Waals surface area contributed by atoms with Crippen molar-refractivity contribution in [3.63, 3.8) is 0 Å². The highest BCUT2D eigenvalue weighted by Crippen LogP contribution is 2.58. The fourth-order valence-corrected chi connectivity index (χ4v) is 6.75. The van der Waals surface area contributed by atoms with Crippen molar-refractivity contribution < 1.29 is 41.2 Å². The lowest BCUT2D eigenvalue weighted by Crippen LogP contribution is -2.46. The van der Waals surface area contributed by atoms with Gasteiger partial charge in [0, 0.05) is 24.4 Å². The molecule has 2 saturated carbocycles. The molecule has 0 bridgehead atoms. The number of nitrogens with zero attached hydrogens (tertiary/aromatic N) is 2. The first-order chi connectivity index (χ1) is 20.2. The van der Waals surface area contributed by atoms with Crippen LogP contribution in [0.1, 0.15) is 66.2 Å². The summed E-state index contributed by atoms with van der Waals surface area (Å²) in [6, 6.07) is 6.39. The van der Waals surface area contributed by atoms with Crippen molar-refractivity contribution >= 4 is 38.9 Å². The van der Waals surface area contributed by atoms with E-state index in [0.717, 1.165) is 10.8 Å². The summed E-state index contributed by atoms with van der Waals surface area (Å²) >= 11 is 0. The zero-order valence-corrected chi connectivity index (χ0v) is 25.9. The van der Waals surface area contributed by atoms with Gasteiger partial charge < -0.3 is 14.2 Å². The van der Waals surface area contributed by atoms with Gasteiger partial charge in [-0.15, -0.1) is 0 Å². The maximum Gasteiger partial charge on any atom is 0.411 e. The molecule has 3 aliphatic rings. The van der Waals surface area contributed by atoms with E-state index in [0.29, 0.717) is 37.3 Å². The summed E-state index contributed by atoms with van der Waals surface area (Å²) in [7, 11) is -2.70. The van der Waals surface area contributed by atoms with Gasteiger partial charge >= 0.3 is 16.4 Å². The number of methoxy groups -OCH3 is 1. The highest BCUT2D eigenvalue weighted by Gasteiger charge is 2.61. The molecule has 12 nitrogen and oxygen atoms in total. The number of hydrogen-bond acceptors (Lipinski definition) is 10. The third-order valence-corrected chi connectivity index (χ3v) is 9.11. The Kier molecular flexibility index (Phi) is 8.34. The second-order valence-electron chi connectivity index (χ2n) is 12.6. The molecule has 1 saturated heterocycles. The van der Waals surface area contributed by atoms with E-state index in [4.69, 9.17) is 18.4 Å². The van der Waals surface area contributed by atoms with Gasteiger partial charge in [-0.1, -0.05) is 13.3 Å². The van der Waals surface area contributed by atoms with Crippen LogP contribution in [0.4, 0.5) is 4.79 Å². The van der Waals surface area contributed by atoms with E-state index in [9.17, 15) is 22.8 Å². The average Bonchev–Trinajstić information content (AvgIpc) is 3.83. The fourth-order valence-electron chi connectivity index (χ4n) is 5.72. The second-order valence-corrected chi connectivity index (χ2v) is 13.9. The molecule has 2 aliphatic carbocycles. The molecule has 3 fully saturated rings. The number of ether oxygens (including phenoxy) is 3. The molecular formula is C30H39N3O9S. The lowest BCUT2D eigenvalue weighted by atomic mass is 9.91. The molecule has 0 unspecified atom stereocenters. The van der Waals surface area contributed by atoms with Crippen LogP contribution >= 0.6 is 0 Å². The van der Waals surface area contributed by atoms with Gasteiger partial charge in [0.25, 0.3) is 0 Å². The van der Waals surface area contributed by atoms with Gasteiger partial charge in [0.05, 0.1) is 31.2 Å². The normalized spacial score (nSPS) is 25.3. The Labute approximate surface area is 251 Å². The SMILES string of the molecule is CC[C@@H]1C[C@]1(CC(=O)[C@@H]1C[C@@H](Oc2nccc3cc(OC)ccc23)CN1C(=O)OC(C)(C)C)C(=O)NS(=O)(=O)OC1CC1. The van der Waals surface area contributed by atoms with Crippen LogP contribution in [0.2, 0.25) is 0 Å². The maximum absolute atomic E-state index is 13.9. The molecule has 4 atom stereocenters. The molecule has 1 N–H and O–H groups in total. The Morgan fingerprint density at radius 3 is 2.51 bits per heavy atom. The molecule has 2 aromatic rings. The molecular weight excluding hydrogens is 578 g/mol. The number of nitrogens with one attached hydrogen (secondary N) is 1. The highest BCUT2D eigenvalue weighted by molar-refractivity contribution is 7.85. The number of ketones is 1. The monoisotopic (exact) mass is 617 g/mol. The standard InChI is InChI=1S/C30H39N3O9S/c1-6-19-15-30(19,27(35)32-43(37,38)42-20-7-8-20)16-25(34)24-14-22(17-33(24)28(36)41-29(2,3)4)40-26-23-10-9-21(39-5)13-18(23)11-12-31-26/h9-13,19-20,22,24H,6-8,14-17H2,1-5H3,(H,32,35)/t19-,22-,24+,30-/m1/s1. The molecule has 5 rings (SSSR count). The molecule has 2 amide bonds. The van der Waals surface area contributed by atoms with Gasteiger partial charge in [-0.3, -0.25) is 18.7 Å². The predicted octanol–water partition coefficient (Wildman–Crippen LogP) is 3.92. The van der Waals surface area contributed by atoms with E-state index in [2.05, 4.69) is 4.98 Å². The Morgan fingerprint density at radius 2 is 1.88 bits per heavy atom. The third-order valence-electron chi connectivity index (χ3n) is 8.15. The quantitative estimate of drug-likeness (QED) is 0.393. The number of likely N-dealkylation sites (tertiary alicyclic amines) is 1. The topological polar surface area (TPSA) is 150 Å². The van der Waals surface area contributed by atoms with Crippen LogP contribution in [0.5, 0.6) is 11.6 Å². The number of carbonyl (C=O) groups is 3. The Hall–Kier alpha value is -3.45. The summed E-state index contributed by atoms with van der Waals surface area (Å²) in [4.78, 5) is 46.2.